The molecule has 0 spiro atoms. The Labute approximate surface area is 107 Å². The third-order valence-corrected chi connectivity index (χ3v) is 0. The molecule has 0 unspecified atom stereocenters. The van der Waals surface area contributed by atoms with E-state index in [0.717, 1.165) is 0 Å². The molecule has 0 aromatic heterocycles. The van der Waals surface area contributed by atoms with Crippen molar-refractivity contribution < 1.29 is 74.0 Å². The fraction of sp³-hybridized carbons (Fsp3) is 0. The first-order valence-electron chi connectivity index (χ1n) is 1.37. The maximum atomic E-state index is 8.74. The van der Waals surface area contributed by atoms with Gasteiger partial charge in [-0.3, -0.25) is 17.5 Å². The van der Waals surface area contributed by atoms with Gasteiger partial charge in [0.2, 0.25) is 0 Å². The second-order valence-corrected chi connectivity index (χ2v) is 2.57. The van der Waals surface area contributed by atoms with Gasteiger partial charge in [-0.25, -0.2) is 0 Å². The van der Waals surface area contributed by atoms with E-state index in [2.05, 4.69) is 0 Å². The van der Waals surface area contributed by atoms with Crippen LogP contribution in [0.5, 0.6) is 0 Å². The summed E-state index contributed by atoms with van der Waals surface area (Å²) in [6.07, 6.45) is 0. The number of hydrogen-bond donors (Lipinski definition) is 4. The van der Waals surface area contributed by atoms with Gasteiger partial charge in [-0.15, -0.1) is 0 Å². The summed E-state index contributed by atoms with van der Waals surface area (Å²) in [4.78, 5) is 0. The van der Waals surface area contributed by atoms with E-state index in [1.54, 1.807) is 0 Å². The minimum absolute atomic E-state index is 0. The first kappa shape index (κ1) is 36.3. The molecule has 0 aliphatic heterocycles. The summed E-state index contributed by atoms with van der Waals surface area (Å²) in [5.74, 6) is 0. The average Bonchev–Trinajstić information content (AvgIpc) is 1.12. The molecule has 0 aromatic carbocycles. The SMILES string of the molecule is N.N.O=S(=O)(O)O.O=S(=O)([O-])[O-].[Zn+2].[Zn+2]. The van der Waals surface area contributed by atoms with Crippen LogP contribution in [-0.2, 0) is 59.8 Å². The van der Waals surface area contributed by atoms with Crippen molar-refractivity contribution in [2.24, 2.45) is 0 Å². The van der Waals surface area contributed by atoms with E-state index in [0.29, 0.717) is 0 Å². The van der Waals surface area contributed by atoms with E-state index in [1.807, 2.05) is 0 Å². The monoisotopic (exact) mass is 356 g/mol. The Hall–Kier alpha value is 0.907. The zero-order chi connectivity index (χ0) is 9.00. The second-order valence-electron chi connectivity index (χ2n) is 0.856. The largest absolute Gasteiger partial charge is 2.00 e. The summed E-state index contributed by atoms with van der Waals surface area (Å²) in [5.41, 5.74) is 0. The van der Waals surface area contributed by atoms with E-state index >= 15 is 0 Å². The van der Waals surface area contributed by atoms with Gasteiger partial charge in [-0.05, 0) is 0 Å². The van der Waals surface area contributed by atoms with Crippen molar-refractivity contribution in [1.29, 1.82) is 0 Å². The molecule has 0 rings (SSSR count). The summed E-state index contributed by atoms with van der Waals surface area (Å²) in [6, 6.07) is 0. The molecule has 8 N–H and O–H groups in total. The quantitative estimate of drug-likeness (QED) is 0.218. The molecule has 0 saturated carbocycles. The molecule has 0 saturated heterocycles. The van der Waals surface area contributed by atoms with Crippen molar-refractivity contribution in [2.75, 3.05) is 0 Å². The molecule has 0 bridgehead atoms. The van der Waals surface area contributed by atoms with Crippen molar-refractivity contribution >= 4 is 20.8 Å². The zero-order valence-corrected chi connectivity index (χ0v) is 14.6. The van der Waals surface area contributed by atoms with Crippen molar-refractivity contribution in [3.05, 3.63) is 0 Å². The molecular formula is H8N2O8S2Zn2+2. The Morgan fingerprint density at radius 2 is 0.786 bits per heavy atom. The molecule has 0 aliphatic rings. The Bertz CT molecular complexity index is 220. The summed E-state index contributed by atoms with van der Waals surface area (Å²) in [6.45, 7) is 0. The number of hydrogen-bond acceptors (Lipinski definition) is 8. The van der Waals surface area contributed by atoms with Crippen LogP contribution in [0, 0.1) is 0 Å². The average molecular weight is 359 g/mol. The smallest absolute Gasteiger partial charge is 0.759 e. The van der Waals surface area contributed by atoms with Crippen molar-refractivity contribution in [3.8, 4) is 0 Å². The Balaban J connectivity index is -0.0000000178. The Morgan fingerprint density at radius 3 is 0.786 bits per heavy atom. The molecule has 0 aromatic rings. The van der Waals surface area contributed by atoms with Gasteiger partial charge in [0, 0.05) is 10.4 Å². The molecule has 14 heavy (non-hydrogen) atoms. The van der Waals surface area contributed by atoms with Gasteiger partial charge >= 0.3 is 49.4 Å². The van der Waals surface area contributed by atoms with E-state index < -0.39 is 20.8 Å². The second kappa shape index (κ2) is 13.9. The van der Waals surface area contributed by atoms with E-state index in [9.17, 15) is 0 Å². The van der Waals surface area contributed by atoms with Crippen LogP contribution >= 0.6 is 0 Å². The topological polar surface area (TPSA) is 225 Å². The van der Waals surface area contributed by atoms with Gasteiger partial charge in [-0.2, -0.15) is 8.42 Å². The van der Waals surface area contributed by atoms with Crippen LogP contribution in [0.15, 0.2) is 0 Å². The molecule has 10 nitrogen and oxygen atoms in total. The predicted octanol–water partition coefficient (Wildman–Crippen LogP) is -1.67. The van der Waals surface area contributed by atoms with Crippen molar-refractivity contribution in [3.63, 3.8) is 0 Å². The summed E-state index contributed by atoms with van der Waals surface area (Å²) < 4.78 is 65.7. The van der Waals surface area contributed by atoms with E-state index in [-0.39, 0.29) is 51.3 Å². The van der Waals surface area contributed by atoms with E-state index in [1.165, 1.54) is 0 Å². The summed E-state index contributed by atoms with van der Waals surface area (Å²) >= 11 is 0. The third kappa shape index (κ3) is 2230. The van der Waals surface area contributed by atoms with Crippen LogP contribution in [0.4, 0.5) is 0 Å². The fourth-order valence-electron chi connectivity index (χ4n) is 0. The van der Waals surface area contributed by atoms with Crippen LogP contribution in [0.1, 0.15) is 0 Å². The third-order valence-electron chi connectivity index (χ3n) is 0. The minimum atomic E-state index is -5.17. The minimum Gasteiger partial charge on any atom is -0.759 e. The van der Waals surface area contributed by atoms with Gasteiger partial charge in [0.05, 0.1) is 0 Å². The van der Waals surface area contributed by atoms with Crippen LogP contribution in [0.25, 0.3) is 0 Å². The van der Waals surface area contributed by atoms with Crippen molar-refractivity contribution in [1.82, 2.24) is 12.3 Å². The number of rotatable bonds is 0. The predicted molar refractivity (Wildman–Crippen MR) is 34.7 cm³/mol. The molecule has 0 fully saturated rings. The first-order chi connectivity index (χ1) is 4.00. The van der Waals surface area contributed by atoms with Crippen LogP contribution in [0.2, 0.25) is 0 Å². The van der Waals surface area contributed by atoms with Gasteiger partial charge in [-0.1, -0.05) is 0 Å². The Morgan fingerprint density at radius 1 is 0.786 bits per heavy atom. The molecule has 14 heteroatoms. The Kier molecular flexibility index (Phi) is 36.1. The summed E-state index contributed by atoms with van der Waals surface area (Å²) in [7, 11) is -9.83. The van der Waals surface area contributed by atoms with Gasteiger partial charge in [0.25, 0.3) is 0 Å². The molecule has 0 aliphatic carbocycles. The molecule has 0 atom stereocenters. The summed E-state index contributed by atoms with van der Waals surface area (Å²) in [5, 5.41) is 0. The normalized spacial score (nSPS) is 8.29. The molecule has 0 amide bonds. The van der Waals surface area contributed by atoms with Crippen molar-refractivity contribution in [2.45, 2.75) is 0 Å². The maximum Gasteiger partial charge on any atom is 2.00 e. The zero-order valence-electron chi connectivity index (χ0n) is 6.99. The van der Waals surface area contributed by atoms with E-state index in [4.69, 9.17) is 35.0 Å². The maximum absolute atomic E-state index is 8.74. The van der Waals surface area contributed by atoms with Crippen LogP contribution < -0.4 is 12.3 Å². The molecule has 80 valence electrons. The van der Waals surface area contributed by atoms with Gasteiger partial charge in [0.1, 0.15) is 0 Å². The molecule has 0 heterocycles. The molecular weight excluding hydrogens is 351 g/mol. The van der Waals surface area contributed by atoms with Gasteiger partial charge < -0.3 is 21.4 Å². The molecule has 0 radical (unpaired) electrons. The van der Waals surface area contributed by atoms with Crippen LogP contribution in [-0.4, -0.2) is 35.0 Å². The van der Waals surface area contributed by atoms with Gasteiger partial charge in [0.15, 0.2) is 0 Å². The standard InChI is InChI=1S/2H3N.2H2O4S.2Zn/c;;2*1-5(2,3)4;;/h2*1H3;2*(H2,1,2,3,4);;/q;;;;2*+2/p-2. The van der Waals surface area contributed by atoms with Crippen LogP contribution in [0.3, 0.4) is 0 Å². The first-order valence-corrected chi connectivity index (χ1v) is 4.10. The fourth-order valence-corrected chi connectivity index (χ4v) is 0.